The third-order valence-corrected chi connectivity index (χ3v) is 3.95. The number of aliphatic hydroxyl groups is 2. The van der Waals surface area contributed by atoms with Crippen molar-refractivity contribution in [2.24, 2.45) is 17.8 Å². The number of aliphatic hydroxyl groups excluding tert-OH is 2. The first-order chi connectivity index (χ1) is 8.04. The molecule has 0 amide bonds. The van der Waals surface area contributed by atoms with E-state index in [2.05, 4.69) is 17.1 Å². The maximum atomic E-state index is 9.50. The van der Waals surface area contributed by atoms with Gasteiger partial charge < -0.3 is 10.2 Å². The van der Waals surface area contributed by atoms with Crippen LogP contribution in [0, 0.1) is 17.8 Å². The molecule has 2 N–H and O–H groups in total. The molecule has 0 aromatic rings. The fourth-order valence-electron chi connectivity index (χ4n) is 3.41. The maximum absolute atomic E-state index is 9.50. The molecule has 1 fully saturated rings. The van der Waals surface area contributed by atoms with Crippen molar-refractivity contribution >= 4 is 0 Å². The molecule has 0 heterocycles. The molecule has 2 bridgehead atoms. The van der Waals surface area contributed by atoms with Crippen LogP contribution in [0.4, 0.5) is 0 Å². The molecule has 0 saturated heterocycles. The van der Waals surface area contributed by atoms with Gasteiger partial charge in [-0.3, -0.25) is 4.90 Å². The summed E-state index contributed by atoms with van der Waals surface area (Å²) in [6, 6.07) is 0. The van der Waals surface area contributed by atoms with E-state index in [0.29, 0.717) is 13.1 Å². The van der Waals surface area contributed by atoms with Crippen molar-refractivity contribution in [2.45, 2.75) is 38.9 Å². The second-order valence-electron chi connectivity index (χ2n) is 5.96. The number of fused-ring (bicyclic) bond motifs is 2. The number of hydrogen-bond donors (Lipinski definition) is 2. The number of nitrogens with zero attached hydrogens (tertiary/aromatic N) is 1. The molecule has 5 atom stereocenters. The largest absolute Gasteiger partial charge is 0.392 e. The van der Waals surface area contributed by atoms with E-state index in [1.165, 1.54) is 12.8 Å². The van der Waals surface area contributed by atoms with Crippen LogP contribution >= 0.6 is 0 Å². The van der Waals surface area contributed by atoms with Crippen LogP contribution < -0.4 is 0 Å². The summed E-state index contributed by atoms with van der Waals surface area (Å²) in [4.78, 5) is 2.22. The maximum Gasteiger partial charge on any atom is 0.0639 e. The van der Waals surface area contributed by atoms with Gasteiger partial charge >= 0.3 is 0 Å². The van der Waals surface area contributed by atoms with E-state index >= 15 is 0 Å². The van der Waals surface area contributed by atoms with E-state index < -0.39 is 0 Å². The quantitative estimate of drug-likeness (QED) is 0.686. The van der Waals surface area contributed by atoms with Crippen LogP contribution in [-0.4, -0.2) is 47.0 Å². The predicted molar refractivity (Wildman–Crippen MR) is 68.6 cm³/mol. The van der Waals surface area contributed by atoms with Crippen molar-refractivity contribution in [1.29, 1.82) is 0 Å². The fourth-order valence-corrected chi connectivity index (χ4v) is 3.41. The van der Waals surface area contributed by atoms with E-state index in [-0.39, 0.29) is 12.2 Å². The molecule has 1 saturated carbocycles. The zero-order chi connectivity index (χ0) is 12.4. The van der Waals surface area contributed by atoms with E-state index in [4.69, 9.17) is 0 Å². The Morgan fingerprint density at radius 1 is 1.12 bits per heavy atom. The van der Waals surface area contributed by atoms with E-state index in [1.807, 2.05) is 13.8 Å². The summed E-state index contributed by atoms with van der Waals surface area (Å²) >= 11 is 0. The summed E-state index contributed by atoms with van der Waals surface area (Å²) in [6.45, 7) is 5.98. The standard InChI is InChI=1S/C14H25NO2/c1-10(16)7-15(8-11(2)17)9-14-6-12-3-4-13(14)5-12/h3-4,10-14,16-17H,5-9H2,1-2H3/t10-,11-,12-,13-,14-/m0/s1. The molecule has 0 spiro atoms. The molecule has 17 heavy (non-hydrogen) atoms. The zero-order valence-electron chi connectivity index (χ0n) is 10.9. The molecular weight excluding hydrogens is 214 g/mol. The highest BCUT2D eigenvalue weighted by molar-refractivity contribution is 5.10. The molecule has 0 aliphatic heterocycles. The molecular formula is C14H25NO2. The van der Waals surface area contributed by atoms with Crippen molar-refractivity contribution in [3.05, 3.63) is 12.2 Å². The SMILES string of the molecule is C[C@H](O)CN(C[C@@H]1C[C@H]2C=C[C@H]1C2)C[C@H](C)O. The Balaban J connectivity index is 1.86. The molecule has 0 unspecified atom stereocenters. The Kier molecular flexibility index (Phi) is 4.23. The van der Waals surface area contributed by atoms with Crippen molar-refractivity contribution < 1.29 is 10.2 Å². The van der Waals surface area contributed by atoms with Crippen LogP contribution in [0.5, 0.6) is 0 Å². The second kappa shape index (κ2) is 5.51. The molecule has 98 valence electrons. The Labute approximate surface area is 104 Å². The number of allylic oxidation sites excluding steroid dienone is 2. The number of rotatable bonds is 6. The highest BCUT2D eigenvalue weighted by Gasteiger charge is 2.36. The van der Waals surface area contributed by atoms with Gasteiger partial charge in [-0.1, -0.05) is 12.2 Å². The minimum atomic E-state index is -0.317. The van der Waals surface area contributed by atoms with Gasteiger partial charge in [0.2, 0.25) is 0 Å². The highest BCUT2D eigenvalue weighted by atomic mass is 16.3. The zero-order valence-corrected chi connectivity index (χ0v) is 10.9. The lowest BCUT2D eigenvalue weighted by Gasteiger charge is -2.30. The summed E-state index contributed by atoms with van der Waals surface area (Å²) in [5.74, 6) is 2.26. The Bertz CT molecular complexity index is 265. The van der Waals surface area contributed by atoms with E-state index in [0.717, 1.165) is 24.3 Å². The van der Waals surface area contributed by atoms with Crippen LogP contribution in [0.2, 0.25) is 0 Å². The van der Waals surface area contributed by atoms with Crippen LogP contribution in [0.1, 0.15) is 26.7 Å². The monoisotopic (exact) mass is 239 g/mol. The van der Waals surface area contributed by atoms with Gasteiger partial charge in [0.25, 0.3) is 0 Å². The average molecular weight is 239 g/mol. The number of hydrogen-bond acceptors (Lipinski definition) is 3. The average Bonchev–Trinajstić information content (AvgIpc) is 2.76. The Hall–Kier alpha value is -0.380. The van der Waals surface area contributed by atoms with Gasteiger partial charge in [0.05, 0.1) is 12.2 Å². The van der Waals surface area contributed by atoms with Crippen LogP contribution in [0.25, 0.3) is 0 Å². The molecule has 0 aromatic carbocycles. The minimum absolute atomic E-state index is 0.317. The topological polar surface area (TPSA) is 43.7 Å². The molecule has 2 aliphatic carbocycles. The molecule has 3 heteroatoms. The Morgan fingerprint density at radius 3 is 2.18 bits per heavy atom. The summed E-state index contributed by atoms with van der Waals surface area (Å²) in [5.41, 5.74) is 0. The van der Waals surface area contributed by atoms with Crippen molar-refractivity contribution in [1.82, 2.24) is 4.90 Å². The molecule has 2 aliphatic rings. The normalized spacial score (nSPS) is 34.5. The highest BCUT2D eigenvalue weighted by Crippen LogP contribution is 2.43. The van der Waals surface area contributed by atoms with Gasteiger partial charge in [-0.05, 0) is 44.4 Å². The third kappa shape index (κ3) is 3.54. The van der Waals surface area contributed by atoms with Crippen molar-refractivity contribution in [3.63, 3.8) is 0 Å². The summed E-state index contributed by atoms with van der Waals surface area (Å²) in [5, 5.41) is 19.0. The molecule has 0 aromatic heterocycles. The van der Waals surface area contributed by atoms with Crippen molar-refractivity contribution in [3.8, 4) is 0 Å². The second-order valence-corrected chi connectivity index (χ2v) is 5.96. The van der Waals surface area contributed by atoms with Gasteiger partial charge in [0.15, 0.2) is 0 Å². The van der Waals surface area contributed by atoms with E-state index in [1.54, 1.807) is 0 Å². The summed E-state index contributed by atoms with van der Waals surface area (Å²) < 4.78 is 0. The molecule has 2 rings (SSSR count). The first kappa shape index (κ1) is 13.1. The lowest BCUT2D eigenvalue weighted by Crippen LogP contribution is -2.40. The van der Waals surface area contributed by atoms with Gasteiger partial charge in [0, 0.05) is 19.6 Å². The first-order valence-electron chi connectivity index (χ1n) is 6.81. The van der Waals surface area contributed by atoms with Crippen LogP contribution in [0.15, 0.2) is 12.2 Å². The molecule has 0 radical (unpaired) electrons. The minimum Gasteiger partial charge on any atom is -0.392 e. The smallest absolute Gasteiger partial charge is 0.0639 e. The van der Waals surface area contributed by atoms with Gasteiger partial charge in [0.1, 0.15) is 0 Å². The molecule has 3 nitrogen and oxygen atoms in total. The first-order valence-corrected chi connectivity index (χ1v) is 6.81. The van der Waals surface area contributed by atoms with Crippen LogP contribution in [-0.2, 0) is 0 Å². The lowest BCUT2D eigenvalue weighted by molar-refractivity contribution is 0.0710. The lowest BCUT2D eigenvalue weighted by atomic mass is 9.93. The van der Waals surface area contributed by atoms with Gasteiger partial charge in [-0.2, -0.15) is 0 Å². The Morgan fingerprint density at radius 2 is 1.76 bits per heavy atom. The van der Waals surface area contributed by atoms with Gasteiger partial charge in [-0.25, -0.2) is 0 Å². The van der Waals surface area contributed by atoms with Crippen LogP contribution in [0.3, 0.4) is 0 Å². The predicted octanol–water partition coefficient (Wildman–Crippen LogP) is 1.26. The van der Waals surface area contributed by atoms with Crippen molar-refractivity contribution in [2.75, 3.05) is 19.6 Å². The summed E-state index contributed by atoms with van der Waals surface area (Å²) in [6.07, 6.45) is 6.70. The van der Waals surface area contributed by atoms with E-state index in [9.17, 15) is 10.2 Å². The van der Waals surface area contributed by atoms with Gasteiger partial charge in [-0.15, -0.1) is 0 Å². The third-order valence-electron chi connectivity index (χ3n) is 3.95. The fraction of sp³-hybridized carbons (Fsp3) is 0.857. The summed E-state index contributed by atoms with van der Waals surface area (Å²) in [7, 11) is 0.